The van der Waals surface area contributed by atoms with E-state index in [1.165, 1.54) is 43.5 Å². The molecule has 1 aliphatic carbocycles. The molecule has 0 spiro atoms. The van der Waals surface area contributed by atoms with Gasteiger partial charge in [-0.25, -0.2) is 14.4 Å². The third kappa shape index (κ3) is 5.24. The second kappa shape index (κ2) is 10.9. The molecular weight excluding hydrogens is 483 g/mol. The van der Waals surface area contributed by atoms with E-state index >= 15 is 0 Å². The second-order valence-corrected chi connectivity index (χ2v) is 10.1. The topological polar surface area (TPSA) is 85.2 Å². The van der Waals surface area contributed by atoms with Crippen molar-refractivity contribution in [3.8, 4) is 5.88 Å². The average Bonchev–Trinajstić information content (AvgIpc) is 3.26. The second-order valence-electron chi connectivity index (χ2n) is 10.1. The first-order valence-corrected chi connectivity index (χ1v) is 13.3. The van der Waals surface area contributed by atoms with Crippen molar-refractivity contribution in [2.45, 2.75) is 44.1 Å². The lowest BCUT2D eigenvalue weighted by Crippen LogP contribution is -2.33. The maximum atomic E-state index is 13.4. The Kier molecular flexibility index (Phi) is 7.00. The lowest BCUT2D eigenvalue weighted by atomic mass is 9.77. The first kappa shape index (κ1) is 24.5. The summed E-state index contributed by atoms with van der Waals surface area (Å²) >= 11 is 0. The molecular formula is C29H31FN6O2. The van der Waals surface area contributed by atoms with Gasteiger partial charge in [0, 0.05) is 42.0 Å². The zero-order valence-corrected chi connectivity index (χ0v) is 21.2. The fraction of sp³-hybridized carbons (Fsp3) is 0.379. The van der Waals surface area contributed by atoms with Gasteiger partial charge in [-0.05, 0) is 75.2 Å². The van der Waals surface area contributed by atoms with Gasteiger partial charge in [0.1, 0.15) is 17.9 Å². The van der Waals surface area contributed by atoms with Crippen molar-refractivity contribution in [1.29, 1.82) is 0 Å². The van der Waals surface area contributed by atoms with Crippen LogP contribution < -0.4 is 10.1 Å². The van der Waals surface area contributed by atoms with E-state index in [0.29, 0.717) is 35.4 Å². The molecule has 2 aliphatic rings. The van der Waals surface area contributed by atoms with Crippen molar-refractivity contribution in [1.82, 2.24) is 24.4 Å². The number of nitrogens with one attached hydrogen (secondary N) is 1. The Balaban J connectivity index is 1.24. The molecule has 0 atom stereocenters. The quantitative estimate of drug-likeness (QED) is 0.348. The summed E-state index contributed by atoms with van der Waals surface area (Å²) in [5.74, 6) is 0.621. The summed E-state index contributed by atoms with van der Waals surface area (Å²) in [7, 11) is 0. The van der Waals surface area contributed by atoms with E-state index in [-0.39, 0.29) is 17.8 Å². The molecule has 1 aliphatic heterocycles. The number of carbonyl (C=O) groups is 1. The minimum atomic E-state index is -0.386. The number of anilines is 1. The highest BCUT2D eigenvalue weighted by Crippen LogP contribution is 2.46. The predicted molar refractivity (Wildman–Crippen MR) is 143 cm³/mol. The van der Waals surface area contributed by atoms with E-state index in [9.17, 15) is 9.18 Å². The van der Waals surface area contributed by atoms with Gasteiger partial charge in [0.25, 0.3) is 5.91 Å². The third-order valence-electron chi connectivity index (χ3n) is 7.57. The molecule has 4 aromatic rings. The van der Waals surface area contributed by atoms with Gasteiger partial charge in [0.05, 0.1) is 11.7 Å². The Labute approximate surface area is 220 Å². The molecule has 6 rings (SSSR count). The van der Waals surface area contributed by atoms with Crippen LogP contribution in [-0.4, -0.2) is 56.6 Å². The summed E-state index contributed by atoms with van der Waals surface area (Å²) in [6.45, 7) is 3.70. The van der Waals surface area contributed by atoms with Crippen LogP contribution in [0.2, 0.25) is 0 Å². The monoisotopic (exact) mass is 514 g/mol. The zero-order chi connectivity index (χ0) is 25.9. The highest BCUT2D eigenvalue weighted by molar-refractivity contribution is 6.04. The lowest BCUT2D eigenvalue weighted by molar-refractivity contribution is 0.102. The van der Waals surface area contributed by atoms with Gasteiger partial charge in [0.15, 0.2) is 0 Å². The predicted octanol–water partition coefficient (Wildman–Crippen LogP) is 5.20. The molecule has 9 heteroatoms. The number of fused-ring (bicyclic) bond motifs is 1. The van der Waals surface area contributed by atoms with E-state index in [4.69, 9.17) is 9.72 Å². The van der Waals surface area contributed by atoms with Crippen molar-refractivity contribution in [2.24, 2.45) is 0 Å². The minimum absolute atomic E-state index is 0.138. The summed E-state index contributed by atoms with van der Waals surface area (Å²) in [5, 5.41) is 2.94. The van der Waals surface area contributed by atoms with Crippen LogP contribution in [0.15, 0.2) is 60.9 Å². The number of piperidine rings is 1. The number of likely N-dealkylation sites (tertiary alicyclic amines) is 1. The molecule has 3 aromatic heterocycles. The van der Waals surface area contributed by atoms with E-state index in [1.54, 1.807) is 6.20 Å². The van der Waals surface area contributed by atoms with Crippen molar-refractivity contribution >= 4 is 22.9 Å². The first-order chi connectivity index (χ1) is 18.6. The van der Waals surface area contributed by atoms with Crippen molar-refractivity contribution in [3.63, 3.8) is 0 Å². The smallest absolute Gasteiger partial charge is 0.257 e. The number of benzene rings is 1. The number of pyridine rings is 2. The van der Waals surface area contributed by atoms with E-state index < -0.39 is 0 Å². The molecule has 4 heterocycles. The van der Waals surface area contributed by atoms with E-state index in [1.807, 2.05) is 24.4 Å². The molecule has 0 bridgehead atoms. The van der Waals surface area contributed by atoms with Gasteiger partial charge in [0.2, 0.25) is 11.8 Å². The number of halogens is 1. The number of imidazole rings is 1. The standard InChI is InChI=1S/C29H31FN6O2/c30-22-9-7-20(8-10-22)28(37)34-29-33-25-19-32-27(38-15-14-35-12-4-1-5-13-35)18-26(25)36(29)23-16-21(17-23)24-6-2-3-11-31-24/h2-3,6-11,18-19,21,23H,1,4-5,12-17H2,(H,33,34,37). The Morgan fingerprint density at radius 2 is 1.87 bits per heavy atom. The highest BCUT2D eigenvalue weighted by atomic mass is 19.1. The number of ether oxygens (including phenoxy) is 1. The lowest BCUT2D eigenvalue weighted by Gasteiger charge is -2.37. The fourth-order valence-electron chi connectivity index (χ4n) is 5.41. The Morgan fingerprint density at radius 3 is 2.63 bits per heavy atom. The highest BCUT2D eigenvalue weighted by Gasteiger charge is 2.35. The molecule has 196 valence electrons. The molecule has 0 unspecified atom stereocenters. The molecule has 8 nitrogen and oxygen atoms in total. The number of nitrogens with zero attached hydrogens (tertiary/aromatic N) is 5. The van der Waals surface area contributed by atoms with E-state index in [0.717, 1.165) is 43.7 Å². The third-order valence-corrected chi connectivity index (χ3v) is 7.57. The number of rotatable bonds is 8. The molecule has 38 heavy (non-hydrogen) atoms. The number of aromatic nitrogens is 4. The largest absolute Gasteiger partial charge is 0.476 e. The molecule has 1 aromatic carbocycles. The van der Waals surface area contributed by atoms with Crippen LogP contribution in [0.4, 0.5) is 10.3 Å². The molecule has 1 saturated heterocycles. The molecule has 1 saturated carbocycles. The van der Waals surface area contributed by atoms with Gasteiger partial charge in [-0.15, -0.1) is 0 Å². The summed E-state index contributed by atoms with van der Waals surface area (Å²) in [6.07, 6.45) is 9.09. The maximum absolute atomic E-state index is 13.4. The van der Waals surface area contributed by atoms with Gasteiger partial charge < -0.3 is 9.30 Å². The zero-order valence-electron chi connectivity index (χ0n) is 21.2. The van der Waals surface area contributed by atoms with Gasteiger partial charge in [-0.2, -0.15) is 0 Å². The van der Waals surface area contributed by atoms with Crippen LogP contribution >= 0.6 is 0 Å². The number of carbonyl (C=O) groups excluding carboxylic acids is 1. The molecule has 2 fully saturated rings. The number of amides is 1. The van der Waals surface area contributed by atoms with Crippen molar-refractivity contribution in [2.75, 3.05) is 31.6 Å². The molecule has 0 radical (unpaired) electrons. The van der Waals surface area contributed by atoms with Gasteiger partial charge in [-0.1, -0.05) is 12.5 Å². The van der Waals surface area contributed by atoms with Crippen LogP contribution in [-0.2, 0) is 0 Å². The molecule has 1 amide bonds. The SMILES string of the molecule is O=C(Nc1nc2cnc(OCCN3CCCCC3)cc2n1C1CC(c2ccccn2)C1)c1ccc(F)cc1. The Bertz CT molecular complexity index is 1400. The normalized spacial score (nSPS) is 19.7. The van der Waals surface area contributed by atoms with Crippen molar-refractivity contribution < 1.29 is 13.9 Å². The Hall–Kier alpha value is -3.85. The van der Waals surface area contributed by atoms with Crippen molar-refractivity contribution in [3.05, 3.63) is 78.0 Å². The summed E-state index contributed by atoms with van der Waals surface area (Å²) < 4.78 is 21.5. The average molecular weight is 515 g/mol. The summed E-state index contributed by atoms with van der Waals surface area (Å²) in [5.41, 5.74) is 2.99. The maximum Gasteiger partial charge on any atom is 0.257 e. The van der Waals surface area contributed by atoms with Crippen LogP contribution in [0.25, 0.3) is 11.0 Å². The van der Waals surface area contributed by atoms with Crippen LogP contribution in [0.5, 0.6) is 5.88 Å². The van der Waals surface area contributed by atoms with E-state index in [2.05, 4.69) is 30.8 Å². The summed E-state index contributed by atoms with van der Waals surface area (Å²) in [6, 6.07) is 13.5. The first-order valence-electron chi connectivity index (χ1n) is 13.3. The number of hydrogen-bond acceptors (Lipinski definition) is 6. The van der Waals surface area contributed by atoms with Crippen LogP contribution in [0.1, 0.15) is 60.1 Å². The van der Waals surface area contributed by atoms with Crippen LogP contribution in [0, 0.1) is 5.82 Å². The van der Waals surface area contributed by atoms with Crippen LogP contribution in [0.3, 0.4) is 0 Å². The minimum Gasteiger partial charge on any atom is -0.476 e. The van der Waals surface area contributed by atoms with Gasteiger partial charge in [-0.3, -0.25) is 20.0 Å². The van der Waals surface area contributed by atoms with Gasteiger partial charge >= 0.3 is 0 Å². The fourth-order valence-corrected chi connectivity index (χ4v) is 5.41. The summed E-state index contributed by atoms with van der Waals surface area (Å²) in [4.78, 5) is 29.1. The number of hydrogen-bond donors (Lipinski definition) is 1. The Morgan fingerprint density at radius 1 is 1.05 bits per heavy atom. The molecule has 1 N–H and O–H groups in total.